The molecule has 1 heterocycles. The van der Waals surface area contributed by atoms with E-state index in [0.717, 1.165) is 34.8 Å². The molecule has 2 amide bonds. The number of hydrogen-bond acceptors (Lipinski definition) is 5. The van der Waals surface area contributed by atoms with Crippen LogP contribution in [0, 0.1) is 6.92 Å². The van der Waals surface area contributed by atoms with Gasteiger partial charge in [-0.25, -0.2) is 8.42 Å². The summed E-state index contributed by atoms with van der Waals surface area (Å²) in [5, 5.41) is 2.83. The SMILES string of the molecule is Cc1cc(NC(=O)C(C)Oc2ccc(N(C)S(C)(=O)=O)cc2)ccc1N1CCCC1=O. The molecule has 1 aliphatic rings. The van der Waals surface area contributed by atoms with Gasteiger partial charge in [0, 0.05) is 31.4 Å². The molecule has 1 unspecified atom stereocenters. The van der Waals surface area contributed by atoms with Crippen LogP contribution in [0.15, 0.2) is 42.5 Å². The highest BCUT2D eigenvalue weighted by molar-refractivity contribution is 7.92. The monoisotopic (exact) mass is 445 g/mol. The van der Waals surface area contributed by atoms with Crippen molar-refractivity contribution in [3.05, 3.63) is 48.0 Å². The van der Waals surface area contributed by atoms with E-state index in [0.29, 0.717) is 23.5 Å². The number of nitrogens with zero attached hydrogens (tertiary/aromatic N) is 2. The van der Waals surface area contributed by atoms with Crippen molar-refractivity contribution in [2.45, 2.75) is 32.8 Å². The molecular formula is C22H27N3O5S. The van der Waals surface area contributed by atoms with Crippen LogP contribution in [0.2, 0.25) is 0 Å². The number of carbonyl (C=O) groups is 2. The van der Waals surface area contributed by atoms with Crippen molar-refractivity contribution < 1.29 is 22.7 Å². The smallest absolute Gasteiger partial charge is 0.265 e. The van der Waals surface area contributed by atoms with E-state index in [2.05, 4.69) is 5.32 Å². The van der Waals surface area contributed by atoms with Crippen LogP contribution in [0.25, 0.3) is 0 Å². The Hall–Kier alpha value is -3.07. The summed E-state index contributed by atoms with van der Waals surface area (Å²) in [5.41, 5.74) is 2.90. The van der Waals surface area contributed by atoms with Gasteiger partial charge >= 0.3 is 0 Å². The minimum Gasteiger partial charge on any atom is -0.481 e. The molecule has 0 bridgehead atoms. The van der Waals surface area contributed by atoms with E-state index < -0.39 is 16.1 Å². The first-order chi connectivity index (χ1) is 14.6. The Kier molecular flexibility index (Phi) is 6.54. The third-order valence-corrected chi connectivity index (χ3v) is 6.41. The average Bonchev–Trinajstić information content (AvgIpc) is 3.13. The fourth-order valence-electron chi connectivity index (χ4n) is 3.37. The molecule has 2 aromatic rings. The topological polar surface area (TPSA) is 96.0 Å². The second kappa shape index (κ2) is 8.97. The van der Waals surface area contributed by atoms with E-state index in [1.165, 1.54) is 7.05 Å². The molecule has 2 aromatic carbocycles. The Morgan fingerprint density at radius 3 is 2.42 bits per heavy atom. The molecule has 31 heavy (non-hydrogen) atoms. The molecule has 1 aliphatic heterocycles. The van der Waals surface area contributed by atoms with E-state index in [9.17, 15) is 18.0 Å². The van der Waals surface area contributed by atoms with Gasteiger partial charge < -0.3 is 15.0 Å². The Balaban J connectivity index is 1.62. The molecule has 1 atom stereocenters. The molecule has 1 fully saturated rings. The molecular weight excluding hydrogens is 418 g/mol. The number of amides is 2. The molecule has 0 aliphatic carbocycles. The standard InChI is InChI=1S/C22H27N3O5S/c1-15-14-17(7-12-20(15)25-13-5-6-21(25)26)23-22(27)16(2)30-19-10-8-18(9-11-19)24(3)31(4,28)29/h7-12,14,16H,5-6,13H2,1-4H3,(H,23,27). The number of carbonyl (C=O) groups excluding carboxylic acids is 2. The highest BCUT2D eigenvalue weighted by atomic mass is 32.2. The van der Waals surface area contributed by atoms with Crippen LogP contribution >= 0.6 is 0 Å². The fourth-order valence-corrected chi connectivity index (χ4v) is 3.87. The summed E-state index contributed by atoms with van der Waals surface area (Å²) in [7, 11) is -1.88. The molecule has 1 N–H and O–H groups in total. The lowest BCUT2D eigenvalue weighted by Gasteiger charge is -2.20. The van der Waals surface area contributed by atoms with Gasteiger partial charge in [-0.1, -0.05) is 0 Å². The Morgan fingerprint density at radius 2 is 1.87 bits per heavy atom. The second-order valence-electron chi connectivity index (χ2n) is 7.62. The van der Waals surface area contributed by atoms with Gasteiger partial charge in [0.25, 0.3) is 5.91 Å². The van der Waals surface area contributed by atoms with Crippen LogP contribution in [-0.4, -0.2) is 46.2 Å². The van der Waals surface area contributed by atoms with Gasteiger partial charge in [0.05, 0.1) is 11.9 Å². The maximum atomic E-state index is 12.5. The second-order valence-corrected chi connectivity index (χ2v) is 9.64. The van der Waals surface area contributed by atoms with Crippen LogP contribution < -0.4 is 19.3 Å². The van der Waals surface area contributed by atoms with Crippen molar-refractivity contribution in [3.63, 3.8) is 0 Å². The number of aryl methyl sites for hydroxylation is 1. The van der Waals surface area contributed by atoms with Gasteiger partial charge in [-0.2, -0.15) is 0 Å². The lowest BCUT2D eigenvalue weighted by Crippen LogP contribution is -2.30. The lowest BCUT2D eigenvalue weighted by atomic mass is 10.1. The van der Waals surface area contributed by atoms with Crippen molar-refractivity contribution in [1.29, 1.82) is 0 Å². The number of hydrogen-bond donors (Lipinski definition) is 1. The number of rotatable bonds is 7. The summed E-state index contributed by atoms with van der Waals surface area (Å²) < 4.78 is 30.1. The van der Waals surface area contributed by atoms with Crippen molar-refractivity contribution in [3.8, 4) is 5.75 Å². The maximum Gasteiger partial charge on any atom is 0.265 e. The quantitative estimate of drug-likeness (QED) is 0.707. The zero-order chi connectivity index (χ0) is 22.8. The van der Waals surface area contributed by atoms with Crippen LogP contribution in [0.4, 0.5) is 17.1 Å². The average molecular weight is 446 g/mol. The Bertz CT molecular complexity index is 1080. The molecule has 166 valence electrons. The van der Waals surface area contributed by atoms with Gasteiger partial charge in [-0.3, -0.25) is 13.9 Å². The fraction of sp³-hybridized carbons (Fsp3) is 0.364. The van der Waals surface area contributed by atoms with Gasteiger partial charge in [0.15, 0.2) is 6.10 Å². The van der Waals surface area contributed by atoms with Crippen molar-refractivity contribution in [2.75, 3.05) is 34.4 Å². The highest BCUT2D eigenvalue weighted by Crippen LogP contribution is 2.27. The minimum atomic E-state index is -3.35. The molecule has 1 saturated heterocycles. The molecule has 0 radical (unpaired) electrons. The zero-order valence-electron chi connectivity index (χ0n) is 18.1. The number of sulfonamides is 1. The first kappa shape index (κ1) is 22.6. The largest absolute Gasteiger partial charge is 0.481 e. The summed E-state index contributed by atoms with van der Waals surface area (Å²) in [6.07, 6.45) is 1.79. The highest BCUT2D eigenvalue weighted by Gasteiger charge is 2.23. The maximum absolute atomic E-state index is 12.5. The normalized spacial score (nSPS) is 15.0. The summed E-state index contributed by atoms with van der Waals surface area (Å²) in [4.78, 5) is 26.3. The number of anilines is 3. The van der Waals surface area contributed by atoms with Crippen molar-refractivity contribution in [2.24, 2.45) is 0 Å². The Labute approximate surface area is 182 Å². The molecule has 3 rings (SSSR count). The molecule has 0 spiro atoms. The van der Waals surface area contributed by atoms with Crippen molar-refractivity contribution >= 4 is 38.9 Å². The first-order valence-electron chi connectivity index (χ1n) is 9.99. The van der Waals surface area contributed by atoms with Crippen LogP contribution in [0.5, 0.6) is 5.75 Å². The van der Waals surface area contributed by atoms with E-state index in [4.69, 9.17) is 4.74 Å². The van der Waals surface area contributed by atoms with E-state index in [1.807, 2.05) is 19.1 Å². The summed E-state index contributed by atoms with van der Waals surface area (Å²) >= 11 is 0. The third kappa shape index (κ3) is 5.35. The summed E-state index contributed by atoms with van der Waals surface area (Å²) in [6.45, 7) is 4.26. The van der Waals surface area contributed by atoms with Gasteiger partial charge in [0.1, 0.15) is 5.75 Å². The third-order valence-electron chi connectivity index (χ3n) is 5.21. The zero-order valence-corrected chi connectivity index (χ0v) is 18.9. The van der Waals surface area contributed by atoms with Gasteiger partial charge in [0.2, 0.25) is 15.9 Å². The molecule has 0 saturated carbocycles. The Morgan fingerprint density at radius 1 is 1.19 bits per heavy atom. The van der Waals surface area contributed by atoms with E-state index >= 15 is 0 Å². The number of benzene rings is 2. The van der Waals surface area contributed by atoms with Gasteiger partial charge in [-0.15, -0.1) is 0 Å². The summed E-state index contributed by atoms with van der Waals surface area (Å²) in [6, 6.07) is 11.9. The van der Waals surface area contributed by atoms with Crippen LogP contribution in [-0.2, 0) is 19.6 Å². The summed E-state index contributed by atoms with van der Waals surface area (Å²) in [5.74, 6) is 0.254. The van der Waals surface area contributed by atoms with Crippen molar-refractivity contribution in [1.82, 2.24) is 0 Å². The van der Waals surface area contributed by atoms with E-state index in [1.54, 1.807) is 42.2 Å². The van der Waals surface area contributed by atoms with Gasteiger partial charge in [-0.05, 0) is 68.3 Å². The van der Waals surface area contributed by atoms with Crippen LogP contribution in [0.3, 0.4) is 0 Å². The lowest BCUT2D eigenvalue weighted by molar-refractivity contribution is -0.122. The predicted octanol–water partition coefficient (Wildman–Crippen LogP) is 2.92. The number of ether oxygens (including phenoxy) is 1. The molecule has 9 heteroatoms. The molecule has 0 aromatic heterocycles. The van der Waals surface area contributed by atoms with Crippen LogP contribution in [0.1, 0.15) is 25.3 Å². The van der Waals surface area contributed by atoms with E-state index in [-0.39, 0.29) is 11.8 Å². The minimum absolute atomic E-state index is 0.121. The molecule has 8 nitrogen and oxygen atoms in total. The predicted molar refractivity (Wildman–Crippen MR) is 121 cm³/mol. The number of nitrogens with one attached hydrogen (secondary N) is 1. The first-order valence-corrected chi connectivity index (χ1v) is 11.8.